The molecule has 0 saturated heterocycles. The van der Waals surface area contributed by atoms with Crippen molar-refractivity contribution in [3.63, 3.8) is 0 Å². The van der Waals surface area contributed by atoms with Crippen molar-refractivity contribution in [2.75, 3.05) is 6.61 Å². The third-order valence-electron chi connectivity index (χ3n) is 3.32. The molecule has 2 unspecified atom stereocenters. The molecule has 1 aliphatic rings. The quantitative estimate of drug-likeness (QED) is 0.850. The first-order valence-electron chi connectivity index (χ1n) is 5.93. The van der Waals surface area contributed by atoms with Gasteiger partial charge >= 0.3 is 0 Å². The van der Waals surface area contributed by atoms with Crippen LogP contribution in [0.2, 0.25) is 5.02 Å². The molecule has 2 rings (SSSR count). The van der Waals surface area contributed by atoms with E-state index in [1.165, 1.54) is 25.0 Å². The molecule has 0 radical (unpaired) electrons. The number of aliphatic hydroxyl groups is 1. The monoisotopic (exact) mass is 257 g/mol. The first kappa shape index (κ1) is 12.8. The lowest BCUT2D eigenvalue weighted by Gasteiger charge is -2.22. The second-order valence-electron chi connectivity index (χ2n) is 4.70. The minimum atomic E-state index is -0.441. The fraction of sp³-hybridized carbons (Fsp3) is 0.538. The summed E-state index contributed by atoms with van der Waals surface area (Å²) >= 11 is 5.64. The molecule has 0 spiro atoms. The summed E-state index contributed by atoms with van der Waals surface area (Å²) in [6, 6.07) is 4.79. The molecular formula is C13H17ClFNO. The predicted octanol–water partition coefficient (Wildman–Crippen LogP) is 2.90. The Hall–Kier alpha value is -0.640. The number of rotatable bonds is 5. The van der Waals surface area contributed by atoms with Crippen molar-refractivity contribution >= 4 is 11.6 Å². The Morgan fingerprint density at radius 1 is 1.53 bits per heavy atom. The molecule has 0 aliphatic heterocycles. The molecule has 0 heterocycles. The molecular weight excluding hydrogens is 241 g/mol. The maximum absolute atomic E-state index is 13.3. The zero-order valence-electron chi connectivity index (χ0n) is 9.79. The van der Waals surface area contributed by atoms with E-state index in [4.69, 9.17) is 11.6 Å². The van der Waals surface area contributed by atoms with Crippen LogP contribution < -0.4 is 5.32 Å². The number of aliphatic hydroxyl groups excluding tert-OH is 1. The van der Waals surface area contributed by atoms with E-state index in [1.807, 2.05) is 0 Å². The molecule has 4 heteroatoms. The molecule has 94 valence electrons. The van der Waals surface area contributed by atoms with Gasteiger partial charge in [0.15, 0.2) is 0 Å². The minimum Gasteiger partial charge on any atom is -0.394 e. The zero-order valence-corrected chi connectivity index (χ0v) is 10.5. The number of nitrogens with one attached hydrogen (secondary N) is 1. The van der Waals surface area contributed by atoms with Crippen LogP contribution in [0.3, 0.4) is 0 Å². The largest absolute Gasteiger partial charge is 0.394 e. The Morgan fingerprint density at radius 2 is 2.24 bits per heavy atom. The molecule has 1 aliphatic carbocycles. The summed E-state index contributed by atoms with van der Waals surface area (Å²) in [7, 11) is 0. The Kier molecular flexibility index (Phi) is 4.02. The van der Waals surface area contributed by atoms with Crippen LogP contribution in [0.1, 0.15) is 31.4 Å². The van der Waals surface area contributed by atoms with E-state index in [0.717, 1.165) is 5.56 Å². The van der Waals surface area contributed by atoms with E-state index in [0.29, 0.717) is 12.0 Å². The molecule has 1 aromatic carbocycles. The third kappa shape index (κ3) is 3.18. The van der Waals surface area contributed by atoms with Crippen LogP contribution in [-0.4, -0.2) is 17.8 Å². The van der Waals surface area contributed by atoms with Crippen LogP contribution in [0.25, 0.3) is 0 Å². The highest BCUT2D eigenvalue weighted by atomic mass is 35.5. The lowest BCUT2D eigenvalue weighted by molar-refractivity contribution is 0.231. The minimum absolute atomic E-state index is 0.0435. The number of hydrogen-bond acceptors (Lipinski definition) is 2. The highest BCUT2D eigenvalue weighted by molar-refractivity contribution is 6.30. The lowest BCUT2D eigenvalue weighted by atomic mass is 10.1. The molecule has 2 atom stereocenters. The van der Waals surface area contributed by atoms with Gasteiger partial charge in [-0.1, -0.05) is 17.7 Å². The number of benzene rings is 1. The van der Waals surface area contributed by atoms with Gasteiger partial charge in [-0.25, -0.2) is 4.39 Å². The average molecular weight is 258 g/mol. The van der Waals surface area contributed by atoms with Gasteiger partial charge in [0, 0.05) is 6.04 Å². The Balaban J connectivity index is 2.07. The molecule has 0 bridgehead atoms. The second kappa shape index (κ2) is 5.34. The third-order valence-corrected chi connectivity index (χ3v) is 3.63. The van der Waals surface area contributed by atoms with Gasteiger partial charge in [-0.15, -0.1) is 0 Å². The molecule has 0 amide bonds. The summed E-state index contributed by atoms with van der Waals surface area (Å²) in [5.41, 5.74) is 0.738. The van der Waals surface area contributed by atoms with E-state index in [2.05, 4.69) is 12.2 Å². The molecule has 17 heavy (non-hydrogen) atoms. The van der Waals surface area contributed by atoms with E-state index in [-0.39, 0.29) is 17.7 Å². The van der Waals surface area contributed by atoms with E-state index < -0.39 is 5.82 Å². The van der Waals surface area contributed by atoms with Crippen LogP contribution in [0, 0.1) is 11.7 Å². The van der Waals surface area contributed by atoms with Gasteiger partial charge in [0.05, 0.1) is 17.7 Å². The summed E-state index contributed by atoms with van der Waals surface area (Å²) in [5, 5.41) is 12.8. The Bertz CT molecular complexity index is 395. The van der Waals surface area contributed by atoms with Gasteiger partial charge in [0.2, 0.25) is 0 Å². The van der Waals surface area contributed by atoms with E-state index in [1.54, 1.807) is 6.07 Å². The summed E-state index contributed by atoms with van der Waals surface area (Å²) < 4.78 is 13.3. The first-order chi connectivity index (χ1) is 8.11. The standard InChI is InChI=1S/C13H17ClFNO/c1-8(9-2-3-9)16-13(7-17)10-4-5-11(14)12(15)6-10/h4-6,8-9,13,16-17H,2-3,7H2,1H3. The summed E-state index contributed by atoms with van der Waals surface area (Å²) in [6.07, 6.45) is 2.47. The first-order valence-corrected chi connectivity index (χ1v) is 6.31. The summed E-state index contributed by atoms with van der Waals surface area (Å²) in [4.78, 5) is 0. The summed E-state index contributed by atoms with van der Waals surface area (Å²) in [6.45, 7) is 2.06. The van der Waals surface area contributed by atoms with Crippen LogP contribution in [-0.2, 0) is 0 Å². The van der Waals surface area contributed by atoms with Crippen molar-refractivity contribution in [2.24, 2.45) is 5.92 Å². The van der Waals surface area contributed by atoms with Crippen molar-refractivity contribution in [1.29, 1.82) is 0 Å². The molecule has 1 saturated carbocycles. The maximum Gasteiger partial charge on any atom is 0.142 e. The Labute approximate surface area is 106 Å². The van der Waals surface area contributed by atoms with Crippen molar-refractivity contribution in [3.8, 4) is 0 Å². The fourth-order valence-electron chi connectivity index (χ4n) is 2.03. The molecule has 1 fully saturated rings. The number of halogens is 2. The summed E-state index contributed by atoms with van der Waals surface area (Å²) in [5.74, 6) is 0.254. The van der Waals surface area contributed by atoms with Crippen molar-refractivity contribution in [2.45, 2.75) is 31.8 Å². The van der Waals surface area contributed by atoms with E-state index >= 15 is 0 Å². The normalized spacial score (nSPS) is 19.1. The topological polar surface area (TPSA) is 32.3 Å². The SMILES string of the molecule is CC(NC(CO)c1ccc(Cl)c(F)c1)C1CC1. The van der Waals surface area contributed by atoms with Gasteiger partial charge in [-0.05, 0) is 43.4 Å². The molecule has 1 aromatic rings. The second-order valence-corrected chi connectivity index (χ2v) is 5.11. The van der Waals surface area contributed by atoms with Crippen molar-refractivity contribution in [3.05, 3.63) is 34.6 Å². The smallest absolute Gasteiger partial charge is 0.142 e. The van der Waals surface area contributed by atoms with Gasteiger partial charge in [-0.3, -0.25) is 0 Å². The fourth-order valence-corrected chi connectivity index (χ4v) is 2.15. The Morgan fingerprint density at radius 3 is 2.76 bits per heavy atom. The molecule has 0 aromatic heterocycles. The van der Waals surface area contributed by atoms with Crippen LogP contribution in [0.5, 0.6) is 0 Å². The zero-order chi connectivity index (χ0) is 12.4. The van der Waals surface area contributed by atoms with Crippen LogP contribution >= 0.6 is 11.6 Å². The lowest BCUT2D eigenvalue weighted by Crippen LogP contribution is -2.34. The molecule has 2 N–H and O–H groups in total. The average Bonchev–Trinajstić information content (AvgIpc) is 3.13. The van der Waals surface area contributed by atoms with Gasteiger partial charge in [0.25, 0.3) is 0 Å². The van der Waals surface area contributed by atoms with Gasteiger partial charge in [-0.2, -0.15) is 0 Å². The van der Waals surface area contributed by atoms with E-state index in [9.17, 15) is 9.50 Å². The van der Waals surface area contributed by atoms with Crippen molar-refractivity contribution < 1.29 is 9.50 Å². The maximum atomic E-state index is 13.3. The van der Waals surface area contributed by atoms with Crippen molar-refractivity contribution in [1.82, 2.24) is 5.32 Å². The highest BCUT2D eigenvalue weighted by Crippen LogP contribution is 2.33. The predicted molar refractivity (Wildman–Crippen MR) is 66.6 cm³/mol. The molecule has 2 nitrogen and oxygen atoms in total. The van der Waals surface area contributed by atoms with Crippen LogP contribution in [0.4, 0.5) is 4.39 Å². The van der Waals surface area contributed by atoms with Crippen LogP contribution in [0.15, 0.2) is 18.2 Å². The van der Waals surface area contributed by atoms with Gasteiger partial charge < -0.3 is 10.4 Å². The van der Waals surface area contributed by atoms with Gasteiger partial charge in [0.1, 0.15) is 5.82 Å². The number of hydrogen-bond donors (Lipinski definition) is 2. The highest BCUT2D eigenvalue weighted by Gasteiger charge is 2.29.